The molecule has 2 N–H and O–H groups in total. The summed E-state index contributed by atoms with van der Waals surface area (Å²) in [5.74, 6) is -1.09. The van der Waals surface area contributed by atoms with Crippen LogP contribution in [0.1, 0.15) is 24.1 Å². The predicted molar refractivity (Wildman–Crippen MR) is 73.1 cm³/mol. The standard InChI is InChI=1S/C14H14F3N3O3/c1-8(9-2-4-10(5-3-9)14(15,16)17)19-11(21)7-20-12(22)6-18-13(20)23/h2-5,8H,6-7H2,1H3,(H,18,23)(H,19,21). The summed E-state index contributed by atoms with van der Waals surface area (Å²) in [5.41, 5.74) is -0.303. The lowest BCUT2D eigenvalue weighted by Gasteiger charge is -2.17. The molecule has 2 rings (SSSR count). The second-order valence-corrected chi connectivity index (χ2v) is 5.05. The summed E-state index contributed by atoms with van der Waals surface area (Å²) in [6, 6.07) is 3.17. The Balaban J connectivity index is 1.96. The SMILES string of the molecule is CC(NC(=O)CN1C(=O)CNC1=O)c1ccc(C(F)(F)F)cc1. The third kappa shape index (κ3) is 3.99. The minimum absolute atomic E-state index is 0.152. The number of amides is 4. The fourth-order valence-corrected chi connectivity index (χ4v) is 2.09. The van der Waals surface area contributed by atoms with E-state index in [1.165, 1.54) is 12.1 Å². The first-order valence-electron chi connectivity index (χ1n) is 6.73. The quantitative estimate of drug-likeness (QED) is 0.821. The van der Waals surface area contributed by atoms with Gasteiger partial charge in [-0.1, -0.05) is 12.1 Å². The molecule has 1 fully saturated rings. The Morgan fingerprint density at radius 3 is 2.39 bits per heavy atom. The molecule has 124 valence electrons. The molecule has 0 saturated carbocycles. The minimum atomic E-state index is -4.42. The predicted octanol–water partition coefficient (Wildman–Crippen LogP) is 1.43. The molecule has 0 spiro atoms. The van der Waals surface area contributed by atoms with Crippen LogP contribution >= 0.6 is 0 Å². The van der Waals surface area contributed by atoms with Gasteiger partial charge >= 0.3 is 12.2 Å². The molecule has 1 aromatic carbocycles. The van der Waals surface area contributed by atoms with Gasteiger partial charge in [0.1, 0.15) is 6.54 Å². The van der Waals surface area contributed by atoms with Gasteiger partial charge in [-0.15, -0.1) is 0 Å². The van der Waals surface area contributed by atoms with Gasteiger partial charge < -0.3 is 10.6 Å². The molecule has 0 bridgehead atoms. The summed E-state index contributed by atoms with van der Waals surface area (Å²) in [4.78, 5) is 35.3. The second-order valence-electron chi connectivity index (χ2n) is 5.05. The van der Waals surface area contributed by atoms with Crippen LogP contribution in [0.3, 0.4) is 0 Å². The molecular formula is C14H14F3N3O3. The van der Waals surface area contributed by atoms with E-state index in [1.807, 2.05) is 0 Å². The van der Waals surface area contributed by atoms with Crippen LogP contribution in [-0.4, -0.2) is 35.8 Å². The summed E-state index contributed by atoms with van der Waals surface area (Å²) >= 11 is 0. The largest absolute Gasteiger partial charge is 0.416 e. The van der Waals surface area contributed by atoms with Gasteiger partial charge in [0.2, 0.25) is 5.91 Å². The number of alkyl halides is 3. The van der Waals surface area contributed by atoms with E-state index >= 15 is 0 Å². The van der Waals surface area contributed by atoms with Gasteiger partial charge in [0.25, 0.3) is 5.91 Å². The topological polar surface area (TPSA) is 78.5 Å². The molecule has 23 heavy (non-hydrogen) atoms. The molecule has 1 aliphatic heterocycles. The molecule has 1 heterocycles. The van der Waals surface area contributed by atoms with Crippen molar-refractivity contribution in [1.29, 1.82) is 0 Å². The van der Waals surface area contributed by atoms with Crippen LogP contribution < -0.4 is 10.6 Å². The van der Waals surface area contributed by atoms with E-state index < -0.39 is 42.2 Å². The van der Waals surface area contributed by atoms with E-state index in [2.05, 4.69) is 10.6 Å². The molecular weight excluding hydrogens is 315 g/mol. The highest BCUT2D eigenvalue weighted by molar-refractivity contribution is 6.04. The molecule has 1 aromatic rings. The van der Waals surface area contributed by atoms with Crippen LogP contribution in [0.25, 0.3) is 0 Å². The van der Waals surface area contributed by atoms with E-state index in [1.54, 1.807) is 6.92 Å². The molecule has 1 atom stereocenters. The summed E-state index contributed by atoms with van der Waals surface area (Å²) in [6.07, 6.45) is -4.42. The third-order valence-corrected chi connectivity index (χ3v) is 3.35. The molecule has 4 amide bonds. The van der Waals surface area contributed by atoms with Crippen LogP contribution in [0, 0.1) is 0 Å². The van der Waals surface area contributed by atoms with Gasteiger partial charge in [-0.2, -0.15) is 13.2 Å². The molecule has 1 saturated heterocycles. The van der Waals surface area contributed by atoms with Gasteiger partial charge in [-0.3, -0.25) is 14.5 Å². The zero-order chi connectivity index (χ0) is 17.2. The van der Waals surface area contributed by atoms with Crippen molar-refractivity contribution in [2.75, 3.05) is 13.1 Å². The van der Waals surface area contributed by atoms with Gasteiger partial charge in [-0.05, 0) is 24.6 Å². The minimum Gasteiger partial charge on any atom is -0.348 e. The van der Waals surface area contributed by atoms with Crippen molar-refractivity contribution in [3.8, 4) is 0 Å². The summed E-state index contributed by atoms with van der Waals surface area (Å²) in [6.45, 7) is 1.00. The average molecular weight is 329 g/mol. The van der Waals surface area contributed by atoms with Gasteiger partial charge in [0, 0.05) is 0 Å². The Morgan fingerprint density at radius 2 is 1.91 bits per heavy atom. The Kier molecular flexibility index (Phi) is 4.57. The lowest BCUT2D eigenvalue weighted by molar-refractivity contribution is -0.137. The molecule has 9 heteroatoms. The third-order valence-electron chi connectivity index (χ3n) is 3.35. The molecule has 1 aliphatic rings. The molecule has 0 radical (unpaired) electrons. The van der Waals surface area contributed by atoms with Gasteiger partial charge in [-0.25, -0.2) is 4.79 Å². The van der Waals surface area contributed by atoms with Crippen molar-refractivity contribution >= 4 is 17.8 Å². The lowest BCUT2D eigenvalue weighted by Crippen LogP contribution is -2.41. The maximum absolute atomic E-state index is 12.5. The highest BCUT2D eigenvalue weighted by Gasteiger charge is 2.31. The highest BCUT2D eigenvalue weighted by Crippen LogP contribution is 2.29. The number of nitrogens with one attached hydrogen (secondary N) is 2. The molecule has 1 unspecified atom stereocenters. The second kappa shape index (κ2) is 6.27. The molecule has 6 nitrogen and oxygen atoms in total. The van der Waals surface area contributed by atoms with Crippen molar-refractivity contribution in [2.45, 2.75) is 19.1 Å². The van der Waals surface area contributed by atoms with E-state index in [0.717, 1.165) is 17.0 Å². The summed E-state index contributed by atoms with van der Waals surface area (Å²) in [5, 5.41) is 4.81. The van der Waals surface area contributed by atoms with Crippen LogP contribution in [-0.2, 0) is 15.8 Å². The van der Waals surface area contributed by atoms with E-state index in [9.17, 15) is 27.6 Å². The van der Waals surface area contributed by atoms with Gasteiger partial charge in [0.15, 0.2) is 0 Å². The van der Waals surface area contributed by atoms with Gasteiger partial charge in [0.05, 0.1) is 18.2 Å². The Bertz CT molecular complexity index is 612. The Morgan fingerprint density at radius 1 is 1.30 bits per heavy atom. The monoisotopic (exact) mass is 329 g/mol. The van der Waals surface area contributed by atoms with Crippen LogP contribution in [0.4, 0.5) is 18.0 Å². The Hall–Kier alpha value is -2.58. The van der Waals surface area contributed by atoms with E-state index in [-0.39, 0.29) is 6.54 Å². The zero-order valence-corrected chi connectivity index (χ0v) is 12.1. The first kappa shape index (κ1) is 16.8. The number of hydrogen-bond donors (Lipinski definition) is 2. The number of imide groups is 1. The maximum Gasteiger partial charge on any atom is 0.416 e. The van der Waals surface area contributed by atoms with Crippen molar-refractivity contribution in [3.05, 3.63) is 35.4 Å². The first-order valence-corrected chi connectivity index (χ1v) is 6.73. The van der Waals surface area contributed by atoms with Crippen LogP contribution in [0.5, 0.6) is 0 Å². The highest BCUT2D eigenvalue weighted by atomic mass is 19.4. The average Bonchev–Trinajstić information content (AvgIpc) is 2.78. The number of halogens is 3. The number of nitrogens with zero attached hydrogens (tertiary/aromatic N) is 1. The normalized spacial score (nSPS) is 16.3. The van der Waals surface area contributed by atoms with Crippen molar-refractivity contribution in [2.24, 2.45) is 0 Å². The van der Waals surface area contributed by atoms with E-state index in [4.69, 9.17) is 0 Å². The van der Waals surface area contributed by atoms with Crippen LogP contribution in [0.15, 0.2) is 24.3 Å². The zero-order valence-electron chi connectivity index (χ0n) is 12.1. The smallest absolute Gasteiger partial charge is 0.348 e. The maximum atomic E-state index is 12.5. The number of carbonyl (C=O) groups excluding carboxylic acids is 3. The van der Waals surface area contributed by atoms with Crippen molar-refractivity contribution < 1.29 is 27.6 Å². The van der Waals surface area contributed by atoms with E-state index in [0.29, 0.717) is 5.56 Å². The van der Waals surface area contributed by atoms with Crippen molar-refractivity contribution in [3.63, 3.8) is 0 Å². The van der Waals surface area contributed by atoms with Crippen molar-refractivity contribution in [1.82, 2.24) is 15.5 Å². The number of hydrogen-bond acceptors (Lipinski definition) is 3. The number of rotatable bonds is 4. The number of urea groups is 1. The fourth-order valence-electron chi connectivity index (χ4n) is 2.09. The fraction of sp³-hybridized carbons (Fsp3) is 0.357. The number of benzene rings is 1. The Labute approximate surface area is 129 Å². The summed E-state index contributed by atoms with van der Waals surface area (Å²) < 4.78 is 37.5. The first-order chi connectivity index (χ1) is 10.7. The number of carbonyl (C=O) groups is 3. The summed E-state index contributed by atoms with van der Waals surface area (Å²) in [7, 11) is 0. The molecule has 0 aliphatic carbocycles. The lowest BCUT2D eigenvalue weighted by atomic mass is 10.1. The molecule has 0 aromatic heterocycles. The van der Waals surface area contributed by atoms with Crippen LogP contribution in [0.2, 0.25) is 0 Å².